The molecule has 0 aliphatic carbocycles. The van der Waals surface area contributed by atoms with Crippen molar-refractivity contribution in [2.75, 3.05) is 36.5 Å². The van der Waals surface area contributed by atoms with Gasteiger partial charge in [-0.05, 0) is 61.0 Å². The van der Waals surface area contributed by atoms with E-state index >= 15 is 0 Å². The number of nitrogens with one attached hydrogen (secondary N) is 1. The van der Waals surface area contributed by atoms with Crippen LogP contribution in [0, 0.1) is 12.7 Å². The summed E-state index contributed by atoms with van der Waals surface area (Å²) < 4.78 is 45.9. The highest BCUT2D eigenvalue weighted by molar-refractivity contribution is 7.91. The lowest BCUT2D eigenvalue weighted by Crippen LogP contribution is -2.37. The number of sulfone groups is 1. The molecule has 3 heterocycles. The minimum atomic E-state index is -3.94. The van der Waals surface area contributed by atoms with E-state index in [9.17, 15) is 17.9 Å². The number of aryl methyl sites for hydroxylation is 1. The molecular formula is C27H25ClFN7O4S. The Balaban J connectivity index is 1.26. The average Bonchev–Trinajstić information content (AvgIpc) is 2.94. The molecule has 2 aromatic carbocycles. The standard InChI is InChI=1S/C27H25ClFN7O4S/c1-17-8-21(12-23(9-17)41(38,39)24-11-18(28)10-22(37)13-24)33-20-3-2-19(30-14-20)15-32-35-27-31-16-25(29)26(34-27)36-4-6-40-7-5-36/h2-3,8-14,16,33,37H,4-7,15H2,1H3. The van der Waals surface area contributed by atoms with Gasteiger partial charge in [-0.3, -0.25) is 4.98 Å². The summed E-state index contributed by atoms with van der Waals surface area (Å²) in [5.41, 5.74) is 2.48. The van der Waals surface area contributed by atoms with Crippen LogP contribution < -0.4 is 10.2 Å². The largest absolute Gasteiger partial charge is 0.508 e. The van der Waals surface area contributed by atoms with Gasteiger partial charge in [-0.1, -0.05) is 11.6 Å². The molecule has 11 nitrogen and oxygen atoms in total. The second-order valence-corrected chi connectivity index (χ2v) is 11.6. The fraction of sp³-hybridized carbons (Fsp3) is 0.222. The highest BCUT2D eigenvalue weighted by Gasteiger charge is 2.21. The van der Waals surface area contributed by atoms with Gasteiger partial charge < -0.3 is 20.1 Å². The van der Waals surface area contributed by atoms with Gasteiger partial charge >= 0.3 is 0 Å². The number of hydrogen-bond donors (Lipinski definition) is 2. The number of pyridine rings is 1. The first kappa shape index (κ1) is 28.3. The van der Waals surface area contributed by atoms with Gasteiger partial charge in [0.15, 0.2) is 11.6 Å². The Kier molecular flexibility index (Phi) is 8.38. The van der Waals surface area contributed by atoms with Crippen molar-refractivity contribution in [3.8, 4) is 5.75 Å². The molecular weight excluding hydrogens is 573 g/mol. The molecule has 41 heavy (non-hydrogen) atoms. The van der Waals surface area contributed by atoms with Crippen LogP contribution in [-0.2, 0) is 21.1 Å². The van der Waals surface area contributed by atoms with Crippen LogP contribution in [0.2, 0.25) is 5.02 Å². The van der Waals surface area contributed by atoms with Crippen molar-refractivity contribution in [3.05, 3.63) is 83.0 Å². The van der Waals surface area contributed by atoms with Gasteiger partial charge in [0.1, 0.15) is 12.3 Å². The quantitative estimate of drug-likeness (QED) is 0.256. The van der Waals surface area contributed by atoms with Gasteiger partial charge in [0.2, 0.25) is 9.84 Å². The highest BCUT2D eigenvalue weighted by Crippen LogP contribution is 2.30. The first-order valence-corrected chi connectivity index (χ1v) is 14.3. The molecule has 1 saturated heterocycles. The fourth-order valence-electron chi connectivity index (χ4n) is 4.14. The Labute approximate surface area is 240 Å². The molecule has 0 amide bonds. The van der Waals surface area contributed by atoms with Crippen molar-refractivity contribution < 1.29 is 22.7 Å². The number of anilines is 3. The van der Waals surface area contributed by atoms with E-state index in [0.717, 1.165) is 12.3 Å². The van der Waals surface area contributed by atoms with Crippen LogP contribution in [0.15, 0.2) is 80.9 Å². The van der Waals surface area contributed by atoms with Crippen LogP contribution in [0.5, 0.6) is 5.75 Å². The maximum absolute atomic E-state index is 14.2. The third-order valence-corrected chi connectivity index (χ3v) is 7.99. The van der Waals surface area contributed by atoms with Crippen LogP contribution >= 0.6 is 11.6 Å². The molecule has 2 N–H and O–H groups in total. The number of phenols is 1. The number of benzene rings is 2. The van der Waals surface area contributed by atoms with E-state index in [0.29, 0.717) is 48.9 Å². The Morgan fingerprint density at radius 1 is 1.05 bits per heavy atom. The van der Waals surface area contributed by atoms with Crippen LogP contribution in [0.4, 0.5) is 27.5 Å². The molecule has 14 heteroatoms. The normalized spacial score (nSPS) is 14.0. The second kappa shape index (κ2) is 12.1. The van der Waals surface area contributed by atoms with Gasteiger partial charge in [-0.2, -0.15) is 10.1 Å². The zero-order chi connectivity index (χ0) is 29.0. The molecule has 4 aromatic rings. The van der Waals surface area contributed by atoms with Crippen molar-refractivity contribution in [2.45, 2.75) is 23.3 Å². The number of phenolic OH excluding ortho intramolecular Hbond substituents is 1. The molecule has 0 atom stereocenters. The number of rotatable bonds is 8. The molecule has 5 rings (SSSR count). The maximum Gasteiger partial charge on any atom is 0.270 e. The number of morpholine rings is 1. The van der Waals surface area contributed by atoms with Gasteiger partial charge in [0.05, 0.1) is 46.8 Å². The Morgan fingerprint density at radius 3 is 2.56 bits per heavy atom. The zero-order valence-corrected chi connectivity index (χ0v) is 23.4. The first-order chi connectivity index (χ1) is 19.7. The predicted octanol–water partition coefficient (Wildman–Crippen LogP) is 5.38. The number of ether oxygens (including phenoxy) is 1. The number of azo groups is 1. The van der Waals surface area contributed by atoms with Gasteiger partial charge in [-0.15, -0.1) is 5.11 Å². The van der Waals surface area contributed by atoms with Crippen LogP contribution in [0.3, 0.4) is 0 Å². The summed E-state index contributed by atoms with van der Waals surface area (Å²) in [5.74, 6) is -0.554. The SMILES string of the molecule is Cc1cc(Nc2ccc(CN=Nc3ncc(F)c(N4CCOCC4)n3)nc2)cc(S(=O)(=O)c2cc(O)cc(Cl)c2)c1. The summed E-state index contributed by atoms with van der Waals surface area (Å²) in [6.45, 7) is 3.97. The van der Waals surface area contributed by atoms with E-state index in [1.54, 1.807) is 42.3 Å². The highest BCUT2D eigenvalue weighted by atomic mass is 35.5. The second-order valence-electron chi connectivity index (χ2n) is 9.19. The maximum atomic E-state index is 14.2. The monoisotopic (exact) mass is 597 g/mol. The van der Waals surface area contributed by atoms with Crippen molar-refractivity contribution in [1.82, 2.24) is 15.0 Å². The predicted molar refractivity (Wildman–Crippen MR) is 151 cm³/mol. The summed E-state index contributed by atoms with van der Waals surface area (Å²) in [6.07, 6.45) is 2.66. The van der Waals surface area contributed by atoms with E-state index in [1.165, 1.54) is 18.2 Å². The summed E-state index contributed by atoms with van der Waals surface area (Å²) in [6, 6.07) is 12.1. The Hall–Kier alpha value is -4.20. The molecule has 212 valence electrons. The first-order valence-electron chi connectivity index (χ1n) is 12.5. The van der Waals surface area contributed by atoms with E-state index in [1.807, 2.05) is 0 Å². The topological polar surface area (TPSA) is 142 Å². The van der Waals surface area contributed by atoms with Gasteiger partial charge in [-0.25, -0.2) is 17.8 Å². The van der Waals surface area contributed by atoms with E-state index in [4.69, 9.17) is 16.3 Å². The number of aromatic nitrogens is 3. The molecule has 0 saturated carbocycles. The average molecular weight is 598 g/mol. The van der Waals surface area contributed by atoms with E-state index in [-0.39, 0.29) is 38.9 Å². The van der Waals surface area contributed by atoms with Crippen molar-refractivity contribution in [2.24, 2.45) is 10.2 Å². The molecule has 0 bridgehead atoms. The number of hydrogen-bond acceptors (Lipinski definition) is 11. The van der Waals surface area contributed by atoms with Gasteiger partial charge in [0.25, 0.3) is 5.95 Å². The Morgan fingerprint density at radius 2 is 1.83 bits per heavy atom. The van der Waals surface area contributed by atoms with Crippen LogP contribution in [0.25, 0.3) is 0 Å². The van der Waals surface area contributed by atoms with Crippen LogP contribution in [0.1, 0.15) is 11.3 Å². The minimum Gasteiger partial charge on any atom is -0.508 e. The lowest BCUT2D eigenvalue weighted by atomic mass is 10.2. The molecule has 0 unspecified atom stereocenters. The van der Waals surface area contributed by atoms with Crippen LogP contribution in [-0.4, -0.2) is 54.8 Å². The third-order valence-electron chi connectivity index (χ3n) is 6.06. The molecule has 1 aliphatic heterocycles. The zero-order valence-electron chi connectivity index (χ0n) is 21.8. The molecule has 1 aliphatic rings. The summed E-state index contributed by atoms with van der Waals surface area (Å²) in [5, 5.41) is 21.2. The van der Waals surface area contributed by atoms with E-state index in [2.05, 4.69) is 30.5 Å². The fourth-order valence-corrected chi connectivity index (χ4v) is 5.89. The van der Waals surface area contributed by atoms with Crippen molar-refractivity contribution in [1.29, 1.82) is 0 Å². The smallest absolute Gasteiger partial charge is 0.270 e. The van der Waals surface area contributed by atoms with Gasteiger partial charge in [0, 0.05) is 23.8 Å². The van der Waals surface area contributed by atoms with E-state index < -0.39 is 15.7 Å². The van der Waals surface area contributed by atoms with Crippen molar-refractivity contribution >= 4 is 44.6 Å². The molecule has 1 fully saturated rings. The number of nitrogens with zero attached hydrogens (tertiary/aromatic N) is 6. The number of aromatic hydroxyl groups is 1. The molecule has 2 aromatic heterocycles. The van der Waals surface area contributed by atoms with Crippen molar-refractivity contribution in [3.63, 3.8) is 0 Å². The third kappa shape index (κ3) is 6.93. The minimum absolute atomic E-state index is 0.0457. The summed E-state index contributed by atoms with van der Waals surface area (Å²) in [4.78, 5) is 14.2. The lowest BCUT2D eigenvalue weighted by molar-refractivity contribution is 0.122. The molecule has 0 radical (unpaired) electrons. The summed E-state index contributed by atoms with van der Waals surface area (Å²) in [7, 11) is -3.94. The summed E-state index contributed by atoms with van der Waals surface area (Å²) >= 11 is 5.95. The lowest BCUT2D eigenvalue weighted by Gasteiger charge is -2.27. The molecule has 0 spiro atoms. The number of halogens is 2. The Bertz CT molecular complexity index is 1680.